The van der Waals surface area contributed by atoms with Crippen molar-refractivity contribution in [2.75, 3.05) is 32.8 Å². The maximum absolute atomic E-state index is 12.2. The Hall–Kier alpha value is -2.23. The summed E-state index contributed by atoms with van der Waals surface area (Å²) in [5.41, 5.74) is 0. The van der Waals surface area contributed by atoms with E-state index in [0.29, 0.717) is 19.8 Å². The minimum atomic E-state index is -0.668. The Morgan fingerprint density at radius 1 is 1.38 bits per heavy atom. The highest BCUT2D eigenvalue weighted by atomic mass is 32.1. The van der Waals surface area contributed by atoms with Crippen LogP contribution in [0.4, 0.5) is 5.88 Å². The maximum atomic E-state index is 12.2. The number of hydrogen-bond donors (Lipinski definition) is 1. The van der Waals surface area contributed by atoms with Gasteiger partial charge in [0.1, 0.15) is 4.92 Å². The molecular formula is C15H17N3O5S. The third-order valence-corrected chi connectivity index (χ3v) is 4.78. The summed E-state index contributed by atoms with van der Waals surface area (Å²) in [6.07, 6.45) is 0. The van der Waals surface area contributed by atoms with Crippen LogP contribution < -0.4 is 5.32 Å². The number of hydrogen-bond acceptors (Lipinski definition) is 7. The average molecular weight is 351 g/mol. The van der Waals surface area contributed by atoms with Gasteiger partial charge in [-0.3, -0.25) is 19.8 Å². The zero-order valence-electron chi connectivity index (χ0n) is 12.8. The van der Waals surface area contributed by atoms with Gasteiger partial charge < -0.3 is 14.5 Å². The number of amides is 1. The number of furan rings is 1. The van der Waals surface area contributed by atoms with E-state index in [2.05, 4.69) is 10.2 Å². The first kappa shape index (κ1) is 16.6. The lowest BCUT2D eigenvalue weighted by Crippen LogP contribution is -2.43. The van der Waals surface area contributed by atoms with Crippen LogP contribution in [0.5, 0.6) is 0 Å². The lowest BCUT2D eigenvalue weighted by molar-refractivity contribution is -0.402. The largest absolute Gasteiger partial charge is 0.433 e. The van der Waals surface area contributed by atoms with Gasteiger partial charge in [0.15, 0.2) is 5.76 Å². The summed E-state index contributed by atoms with van der Waals surface area (Å²) in [7, 11) is 0. The molecule has 1 aliphatic rings. The normalized spacial score (nSPS) is 16.7. The van der Waals surface area contributed by atoms with Crippen LogP contribution in [-0.2, 0) is 4.74 Å². The fraction of sp³-hybridized carbons (Fsp3) is 0.400. The van der Waals surface area contributed by atoms with Crippen LogP contribution in [0.3, 0.4) is 0 Å². The van der Waals surface area contributed by atoms with E-state index < -0.39 is 16.7 Å². The van der Waals surface area contributed by atoms with Crippen LogP contribution in [0.25, 0.3) is 0 Å². The molecule has 9 heteroatoms. The molecule has 1 atom stereocenters. The molecule has 1 N–H and O–H groups in total. The van der Waals surface area contributed by atoms with Gasteiger partial charge in [0.05, 0.1) is 25.3 Å². The molecule has 1 saturated heterocycles. The summed E-state index contributed by atoms with van der Waals surface area (Å²) >= 11 is 1.63. The molecule has 3 rings (SSSR count). The van der Waals surface area contributed by atoms with Gasteiger partial charge >= 0.3 is 5.88 Å². The number of nitro groups is 1. The van der Waals surface area contributed by atoms with Crippen LogP contribution in [0.1, 0.15) is 21.5 Å². The fourth-order valence-electron chi connectivity index (χ4n) is 2.60. The number of rotatable bonds is 6. The second-order valence-electron chi connectivity index (χ2n) is 5.28. The summed E-state index contributed by atoms with van der Waals surface area (Å²) in [5, 5.41) is 15.4. The lowest BCUT2D eigenvalue weighted by Gasteiger charge is -2.34. The molecule has 0 aromatic carbocycles. The molecule has 0 unspecified atom stereocenters. The molecule has 2 aromatic heterocycles. The molecule has 0 bridgehead atoms. The van der Waals surface area contributed by atoms with Crippen LogP contribution in [0.15, 0.2) is 34.1 Å². The van der Waals surface area contributed by atoms with Crippen molar-refractivity contribution in [3.63, 3.8) is 0 Å². The molecule has 1 fully saturated rings. The van der Waals surface area contributed by atoms with Gasteiger partial charge in [-0.2, -0.15) is 0 Å². The van der Waals surface area contributed by atoms with E-state index in [4.69, 9.17) is 9.15 Å². The summed E-state index contributed by atoms with van der Waals surface area (Å²) < 4.78 is 10.3. The van der Waals surface area contributed by atoms with Gasteiger partial charge in [-0.15, -0.1) is 11.3 Å². The highest BCUT2D eigenvalue weighted by molar-refractivity contribution is 7.10. The quantitative estimate of drug-likeness (QED) is 0.632. The number of nitrogens with one attached hydrogen (secondary N) is 1. The van der Waals surface area contributed by atoms with Crippen molar-refractivity contribution in [1.82, 2.24) is 10.2 Å². The van der Waals surface area contributed by atoms with E-state index in [-0.39, 0.29) is 11.8 Å². The first-order valence-corrected chi connectivity index (χ1v) is 8.41. The number of morpholine rings is 1. The predicted octanol–water partition coefficient (Wildman–Crippen LogP) is 2.05. The molecule has 0 saturated carbocycles. The molecule has 1 aliphatic heterocycles. The Morgan fingerprint density at radius 2 is 2.17 bits per heavy atom. The summed E-state index contributed by atoms with van der Waals surface area (Å²) in [5.74, 6) is -0.963. The molecule has 2 aromatic rings. The van der Waals surface area contributed by atoms with Crippen molar-refractivity contribution in [3.8, 4) is 0 Å². The van der Waals surface area contributed by atoms with Crippen LogP contribution >= 0.6 is 11.3 Å². The Balaban J connectivity index is 1.66. The van der Waals surface area contributed by atoms with E-state index in [1.54, 1.807) is 11.3 Å². The monoisotopic (exact) mass is 351 g/mol. The topological polar surface area (TPSA) is 97.9 Å². The van der Waals surface area contributed by atoms with Crippen LogP contribution in [0, 0.1) is 10.1 Å². The Kier molecular flexibility index (Phi) is 5.24. The van der Waals surface area contributed by atoms with E-state index in [0.717, 1.165) is 18.0 Å². The van der Waals surface area contributed by atoms with Crippen molar-refractivity contribution in [1.29, 1.82) is 0 Å². The zero-order chi connectivity index (χ0) is 16.9. The maximum Gasteiger partial charge on any atom is 0.433 e. The van der Waals surface area contributed by atoms with Crippen molar-refractivity contribution >= 4 is 23.1 Å². The third-order valence-electron chi connectivity index (χ3n) is 3.81. The van der Waals surface area contributed by atoms with E-state index in [9.17, 15) is 14.9 Å². The van der Waals surface area contributed by atoms with Crippen molar-refractivity contribution in [3.05, 3.63) is 50.4 Å². The van der Waals surface area contributed by atoms with Crippen LogP contribution in [-0.4, -0.2) is 48.6 Å². The molecule has 0 spiro atoms. The highest BCUT2D eigenvalue weighted by Crippen LogP contribution is 2.25. The molecule has 0 aliphatic carbocycles. The Morgan fingerprint density at radius 3 is 2.79 bits per heavy atom. The van der Waals surface area contributed by atoms with Crippen molar-refractivity contribution in [2.45, 2.75) is 6.04 Å². The van der Waals surface area contributed by atoms with E-state index in [1.165, 1.54) is 12.1 Å². The number of carbonyl (C=O) groups excluding carboxylic acids is 1. The lowest BCUT2D eigenvalue weighted by atomic mass is 10.2. The minimum Gasteiger partial charge on any atom is -0.395 e. The fourth-order valence-corrected chi connectivity index (χ4v) is 3.46. The van der Waals surface area contributed by atoms with Crippen molar-refractivity contribution in [2.24, 2.45) is 0 Å². The van der Waals surface area contributed by atoms with Gasteiger partial charge in [-0.25, -0.2) is 0 Å². The first-order valence-electron chi connectivity index (χ1n) is 7.53. The smallest absolute Gasteiger partial charge is 0.395 e. The standard InChI is InChI=1S/C15H17N3O5S/c19-15(12-3-4-14(23-12)18(20)21)16-10-11(13-2-1-9-24-13)17-5-7-22-8-6-17/h1-4,9,11H,5-8,10H2,(H,16,19)/t11-/m1/s1. The van der Waals surface area contributed by atoms with Crippen molar-refractivity contribution < 1.29 is 18.9 Å². The van der Waals surface area contributed by atoms with Gasteiger partial charge in [0.2, 0.25) is 0 Å². The van der Waals surface area contributed by atoms with Gasteiger partial charge in [0.25, 0.3) is 5.91 Å². The molecule has 24 heavy (non-hydrogen) atoms. The van der Waals surface area contributed by atoms with Gasteiger partial charge in [-0.05, 0) is 17.5 Å². The highest BCUT2D eigenvalue weighted by Gasteiger charge is 2.25. The SMILES string of the molecule is O=C(NC[C@H](c1cccs1)N1CCOCC1)c1ccc([N+](=O)[O-])o1. The molecule has 1 amide bonds. The number of thiophene rings is 1. The second-order valence-corrected chi connectivity index (χ2v) is 6.26. The Labute approximate surface area is 142 Å². The molecule has 0 radical (unpaired) electrons. The first-order chi connectivity index (χ1) is 11.6. The average Bonchev–Trinajstić information content (AvgIpc) is 3.28. The molecule has 3 heterocycles. The summed E-state index contributed by atoms with van der Waals surface area (Å²) in [4.78, 5) is 25.5. The zero-order valence-corrected chi connectivity index (χ0v) is 13.7. The predicted molar refractivity (Wildman–Crippen MR) is 87.1 cm³/mol. The van der Waals surface area contributed by atoms with Gasteiger partial charge in [-0.1, -0.05) is 6.07 Å². The third kappa shape index (κ3) is 3.81. The van der Waals surface area contributed by atoms with E-state index in [1.807, 2.05) is 17.5 Å². The summed E-state index contributed by atoms with van der Waals surface area (Å²) in [6, 6.07) is 6.54. The molecule has 8 nitrogen and oxygen atoms in total. The number of nitrogens with zero attached hydrogens (tertiary/aromatic N) is 2. The second kappa shape index (κ2) is 7.56. The van der Waals surface area contributed by atoms with Crippen LogP contribution in [0.2, 0.25) is 0 Å². The number of carbonyl (C=O) groups is 1. The molecular weight excluding hydrogens is 334 g/mol. The minimum absolute atomic E-state index is 0.0443. The van der Waals surface area contributed by atoms with E-state index >= 15 is 0 Å². The summed E-state index contributed by atoms with van der Waals surface area (Å²) in [6.45, 7) is 3.32. The number of ether oxygens (including phenoxy) is 1. The Bertz CT molecular complexity index is 694. The van der Waals surface area contributed by atoms with Gasteiger partial charge in [0, 0.05) is 24.5 Å². The molecule has 128 valence electrons.